The summed E-state index contributed by atoms with van der Waals surface area (Å²) in [5.41, 5.74) is -63.6. The topological polar surface area (TPSA) is 48.1 Å². The molecule has 2 heterocycles. The molecule has 0 saturated heterocycles. The number of hydrogen-bond acceptors (Lipinski definition) is 2. The monoisotopic (exact) mass is 1170 g/mol. The molecule has 78 heavy (non-hydrogen) atoms. The number of alkyl halides is 30. The third-order valence-electron chi connectivity index (χ3n) is 11.9. The van der Waals surface area contributed by atoms with E-state index in [-0.39, 0.29) is 26.0 Å². The molecule has 0 radical (unpaired) electrons. The molecule has 0 fully saturated rings. The molecule has 0 spiro atoms. The Morgan fingerprint density at radius 1 is 0.397 bits per heavy atom. The third kappa shape index (κ3) is 9.11. The van der Waals surface area contributed by atoms with Crippen LogP contribution in [-0.2, 0) is 66.6 Å². The summed E-state index contributed by atoms with van der Waals surface area (Å²) in [6, 6.07) is 3.99. The highest BCUT2D eigenvalue weighted by atomic mass is 19.4. The van der Waals surface area contributed by atoms with E-state index in [0.717, 1.165) is 0 Å². The van der Waals surface area contributed by atoms with Crippen molar-refractivity contribution >= 4 is 44.9 Å². The number of hydrogen-bond donors (Lipinski definition) is 0. The number of aromatic nitrogens is 1. The fourth-order valence-corrected chi connectivity index (χ4v) is 9.52. The van der Waals surface area contributed by atoms with Gasteiger partial charge in [-0.15, -0.1) is 0 Å². The zero-order chi connectivity index (χ0) is 59.7. The molecule has 0 amide bonds. The maximum atomic E-state index is 15.0. The molecule has 7 rings (SSSR count). The first-order valence-corrected chi connectivity index (χ1v) is 20.1. The van der Waals surface area contributed by atoms with E-state index >= 15 is 0 Å². The molecule has 2 aliphatic rings. The molecule has 422 valence electrons. The van der Waals surface area contributed by atoms with Crippen molar-refractivity contribution in [3.63, 3.8) is 0 Å². The lowest BCUT2D eigenvalue weighted by atomic mass is 9.78. The Kier molecular flexibility index (Phi) is 12.9. The van der Waals surface area contributed by atoms with Crippen LogP contribution in [0.15, 0.2) is 59.9 Å². The normalized spacial score (nSPS) is 16.8. The number of carbonyl (C=O) groups is 1. The molecule has 5 aromatic rings. The molecule has 4 nitrogen and oxygen atoms in total. The van der Waals surface area contributed by atoms with Gasteiger partial charge in [0.25, 0.3) is 0 Å². The minimum atomic E-state index is -7.36. The van der Waals surface area contributed by atoms with Gasteiger partial charge >= 0.3 is 61.8 Å². The first kappa shape index (κ1) is 58.6. The van der Waals surface area contributed by atoms with E-state index in [1.54, 1.807) is 0 Å². The molecule has 4 aromatic carbocycles. The van der Waals surface area contributed by atoms with E-state index in [1.165, 1.54) is 0 Å². The predicted molar refractivity (Wildman–Crippen MR) is 202 cm³/mol. The van der Waals surface area contributed by atoms with Gasteiger partial charge in [-0.1, -0.05) is 36.1 Å². The molecule has 0 atom stereocenters. The fraction of sp³-hybridized carbons (Fsp3) is 0.273. The van der Waals surface area contributed by atoms with Crippen molar-refractivity contribution in [1.29, 1.82) is 0 Å². The smallest absolute Gasteiger partial charge is 0.423 e. The van der Waals surface area contributed by atoms with E-state index < -0.39 is 205 Å². The van der Waals surface area contributed by atoms with E-state index in [1.807, 2.05) is 0 Å². The lowest BCUT2D eigenvalue weighted by molar-refractivity contribution is -0.297. The minimum absolute atomic E-state index is 0.162. The molecule has 0 saturated carbocycles. The van der Waals surface area contributed by atoms with Crippen LogP contribution in [-0.4, -0.2) is 16.1 Å². The van der Waals surface area contributed by atoms with Crippen LogP contribution < -0.4 is 9.68 Å². The van der Waals surface area contributed by atoms with Gasteiger partial charge in [0.15, 0.2) is 11.5 Å². The number of halogens is 30. The molecule has 1 aliphatic carbocycles. The average molecular weight is 1170 g/mol. The van der Waals surface area contributed by atoms with E-state index in [9.17, 15) is 142 Å². The third-order valence-corrected chi connectivity index (χ3v) is 11.9. The summed E-state index contributed by atoms with van der Waals surface area (Å²) < 4.78 is 439. The van der Waals surface area contributed by atoms with Crippen molar-refractivity contribution in [2.75, 3.05) is 0 Å². The predicted octanol–water partition coefficient (Wildman–Crippen LogP) is 16.5. The van der Waals surface area contributed by atoms with Gasteiger partial charge in [-0.05, 0) is 19.1 Å². The summed E-state index contributed by atoms with van der Waals surface area (Å²) in [6.07, 6.45) is -72.8. The molecular weight excluding hydrogens is 1160 g/mol. The van der Waals surface area contributed by atoms with Crippen LogP contribution in [0.3, 0.4) is 0 Å². The van der Waals surface area contributed by atoms with Crippen molar-refractivity contribution in [2.45, 2.75) is 75.6 Å². The van der Waals surface area contributed by atoms with Crippen LogP contribution in [0.1, 0.15) is 79.4 Å². The molecular formula is C44H14F30N2O2. The summed E-state index contributed by atoms with van der Waals surface area (Å²) in [5, 5.41) is 13.2. The van der Waals surface area contributed by atoms with Crippen LogP contribution in [0.2, 0.25) is 0 Å². The van der Waals surface area contributed by atoms with Gasteiger partial charge in [0, 0.05) is 40.8 Å². The highest BCUT2D eigenvalue weighted by Gasteiger charge is 2.65. The molecule has 0 unspecified atom stereocenters. The summed E-state index contributed by atoms with van der Waals surface area (Å²) in [7, 11) is 0. The Labute approximate surface area is 409 Å². The van der Waals surface area contributed by atoms with E-state index in [4.69, 9.17) is 0 Å². The Morgan fingerprint density at radius 2 is 0.718 bits per heavy atom. The van der Waals surface area contributed by atoms with E-state index in [0.29, 0.717) is 36.4 Å². The summed E-state index contributed by atoms with van der Waals surface area (Å²) >= 11 is 0. The Bertz CT molecular complexity index is 3390. The van der Waals surface area contributed by atoms with Gasteiger partial charge in [-0.2, -0.15) is 136 Å². The average Bonchev–Trinajstić information content (AvgIpc) is 3.67. The molecule has 0 N–H and O–H groups in total. The van der Waals surface area contributed by atoms with Crippen molar-refractivity contribution in [3.05, 3.63) is 132 Å². The molecule has 34 heteroatoms. The minimum Gasteiger partial charge on any atom is -0.871 e. The number of nitrogens with zero attached hydrogens (tertiary/aromatic N) is 2. The highest BCUT2D eigenvalue weighted by Crippen LogP contribution is 2.62. The fourth-order valence-electron chi connectivity index (χ4n) is 9.52. The Morgan fingerprint density at radius 3 is 1.08 bits per heavy atom. The number of fused-ring (bicyclic) bond motifs is 2. The van der Waals surface area contributed by atoms with Crippen LogP contribution >= 0.6 is 0 Å². The second-order valence-corrected chi connectivity index (χ2v) is 16.5. The van der Waals surface area contributed by atoms with Gasteiger partial charge in [0.2, 0.25) is 11.4 Å². The zero-order valence-corrected chi connectivity index (χ0v) is 36.7. The molecule has 0 bridgehead atoms. The van der Waals surface area contributed by atoms with Gasteiger partial charge in [-0.3, -0.25) is 4.79 Å². The van der Waals surface area contributed by atoms with Crippen LogP contribution in [0.25, 0.3) is 27.7 Å². The number of rotatable bonds is 3. The first-order chi connectivity index (χ1) is 34.8. The summed E-state index contributed by atoms with van der Waals surface area (Å²) in [5.74, 6) is -4.18. The maximum absolute atomic E-state index is 15.0. The zero-order valence-electron chi connectivity index (χ0n) is 36.7. The number of para-hydroxylation sites is 2. The second kappa shape index (κ2) is 17.2. The van der Waals surface area contributed by atoms with Crippen molar-refractivity contribution in [1.82, 2.24) is 9.14 Å². The standard InChI is InChI=1S/C44H14F30N2O2/c1-11-17(13-7-3-5-9-15(13)75(11)31-27(41(63,64)65)23(37(51,52)53)21(35(45,46)47)24(38(54,55)56)28(31)42(66,67)68)19-33(77)20(34(19)78)18-12(2)76(16-10-6-4-8-14(16)18)32-29(43(69,70)71)25(39(57,58)59)22(36(48,49)50)26(40(60,61)62)30(32)44(72,73)74/h3-10H,1-2H3. The van der Waals surface area contributed by atoms with Crippen LogP contribution in [0.4, 0.5) is 143 Å². The van der Waals surface area contributed by atoms with Crippen LogP contribution in [0.5, 0.6) is 0 Å². The second-order valence-electron chi connectivity index (χ2n) is 16.5. The van der Waals surface area contributed by atoms with Gasteiger partial charge < -0.3 is 9.67 Å². The lowest BCUT2D eigenvalue weighted by Gasteiger charge is -2.33. The Balaban J connectivity index is 1.71. The van der Waals surface area contributed by atoms with Gasteiger partial charge in [0.05, 0.1) is 66.8 Å². The molecule has 1 aliphatic heterocycles. The Hall–Kier alpha value is -7.06. The largest absolute Gasteiger partial charge is 0.871 e. The summed E-state index contributed by atoms with van der Waals surface area (Å²) in [4.78, 5) is 14.3. The quantitative estimate of drug-likeness (QED) is 0.103. The van der Waals surface area contributed by atoms with Crippen molar-refractivity contribution in [2.24, 2.45) is 0 Å². The number of ketones is 1. The van der Waals surface area contributed by atoms with Crippen molar-refractivity contribution < 1.29 is 142 Å². The SMILES string of the molecule is CC1=[N+](c2c(C(F)(F)F)c(C(F)(F)F)c(C(F)(F)F)c(C(F)(F)F)c2C(F)(F)F)c2ccccc2/C1=C1/C(=O)C(c2c(C)n(-c3c(C(F)(F)F)c(C(F)(F)F)c(C(F)(F)F)c(C(F)(F)F)c3C(F)(F)F)c3ccccc23)=C1[O-]. The molecule has 1 aromatic heterocycles. The number of allylic oxidation sites excluding steroid dienone is 3. The van der Waals surface area contributed by atoms with E-state index in [2.05, 4.69) is 0 Å². The maximum Gasteiger partial charge on any atom is 0.423 e. The van der Waals surface area contributed by atoms with Crippen LogP contribution in [0, 0.1) is 6.92 Å². The summed E-state index contributed by atoms with van der Waals surface area (Å²) in [6.45, 7) is 0.323. The number of benzene rings is 4. The van der Waals surface area contributed by atoms with Crippen molar-refractivity contribution in [3.8, 4) is 5.69 Å². The number of carbonyl (C=O) groups excluding carboxylic acids is 1. The first-order valence-electron chi connectivity index (χ1n) is 20.1. The van der Waals surface area contributed by atoms with Gasteiger partial charge in [-0.25, -0.2) is 0 Å². The lowest BCUT2D eigenvalue weighted by Crippen LogP contribution is -2.34. The highest BCUT2D eigenvalue weighted by molar-refractivity contribution is 6.48. The van der Waals surface area contributed by atoms with Gasteiger partial charge in [0.1, 0.15) is 11.1 Å². The number of Topliss-reactive ketones (excluding diaryl/α,β-unsaturated/α-hetero) is 1.